The molecule has 0 spiro atoms. The Bertz CT molecular complexity index is 988. The average molecular weight is 407 g/mol. The molecule has 2 heterocycles. The summed E-state index contributed by atoms with van der Waals surface area (Å²) >= 11 is 0. The smallest absolute Gasteiger partial charge is 0.249 e. The molecule has 0 unspecified atom stereocenters. The van der Waals surface area contributed by atoms with E-state index in [0.717, 1.165) is 16.2 Å². The molecule has 0 bridgehead atoms. The van der Waals surface area contributed by atoms with Gasteiger partial charge in [0.05, 0.1) is 19.1 Å². The summed E-state index contributed by atoms with van der Waals surface area (Å²) in [5.41, 5.74) is 5.75. The van der Waals surface area contributed by atoms with Crippen LogP contribution < -0.4 is 10.2 Å². The number of carbonyl (C=O) groups excluding carboxylic acids is 2. The fourth-order valence-corrected chi connectivity index (χ4v) is 4.08. The van der Waals surface area contributed by atoms with Crippen molar-refractivity contribution in [3.05, 3.63) is 71.8 Å². The van der Waals surface area contributed by atoms with Crippen LogP contribution in [0.15, 0.2) is 60.7 Å². The number of para-hydroxylation sites is 1. The number of fused-ring (bicyclic) bond motifs is 1. The number of nitrogens with zero attached hydrogens (tertiary/aromatic N) is 2. The van der Waals surface area contributed by atoms with E-state index in [1.165, 1.54) is 7.05 Å². The third-order valence-electron chi connectivity index (χ3n) is 5.77. The molecule has 2 aromatic carbocycles. The normalized spacial score (nSPS) is 24.7. The molecule has 0 aromatic heterocycles. The minimum Gasteiger partial charge on any atom is -0.496 e. The van der Waals surface area contributed by atoms with Crippen LogP contribution >= 0.6 is 0 Å². The fourth-order valence-electron chi connectivity index (χ4n) is 4.08. The maximum absolute atomic E-state index is 12.9. The van der Waals surface area contributed by atoms with E-state index in [4.69, 9.17) is 4.74 Å². The summed E-state index contributed by atoms with van der Waals surface area (Å²) in [6.07, 6.45) is 2.53. The quantitative estimate of drug-likeness (QED) is 0.585. The highest BCUT2D eigenvalue weighted by Gasteiger charge is 2.52. The van der Waals surface area contributed by atoms with Gasteiger partial charge in [-0.2, -0.15) is 0 Å². The van der Waals surface area contributed by atoms with E-state index < -0.39 is 24.1 Å². The molecule has 0 radical (unpaired) electrons. The number of imide groups is 1. The highest BCUT2D eigenvalue weighted by Crippen LogP contribution is 2.37. The van der Waals surface area contributed by atoms with Gasteiger partial charge in [-0.05, 0) is 25.1 Å². The van der Waals surface area contributed by atoms with Crippen LogP contribution in [-0.2, 0) is 9.59 Å². The second-order valence-electron chi connectivity index (χ2n) is 7.65. The van der Waals surface area contributed by atoms with Gasteiger partial charge in [-0.1, -0.05) is 48.0 Å². The molecular formula is C23H25N3O4. The van der Waals surface area contributed by atoms with Crippen LogP contribution in [-0.4, -0.2) is 53.1 Å². The number of aliphatic hydroxyl groups excluding tert-OH is 1. The topological polar surface area (TPSA) is 82.1 Å². The molecule has 2 aliphatic heterocycles. The predicted molar refractivity (Wildman–Crippen MR) is 113 cm³/mol. The van der Waals surface area contributed by atoms with E-state index in [9.17, 15) is 14.7 Å². The lowest BCUT2D eigenvalue weighted by Gasteiger charge is -2.40. The van der Waals surface area contributed by atoms with Crippen molar-refractivity contribution in [1.82, 2.24) is 9.91 Å². The summed E-state index contributed by atoms with van der Waals surface area (Å²) in [6.45, 7) is 1.99. The number of benzene rings is 2. The molecule has 2 amide bonds. The lowest BCUT2D eigenvalue weighted by atomic mass is 9.90. The Labute approximate surface area is 175 Å². The molecule has 2 aromatic rings. The average Bonchev–Trinajstić information content (AvgIpc) is 2.99. The minimum atomic E-state index is -0.981. The molecule has 1 saturated heterocycles. The van der Waals surface area contributed by atoms with Crippen LogP contribution in [0.3, 0.4) is 0 Å². The third kappa shape index (κ3) is 3.36. The van der Waals surface area contributed by atoms with Crippen LogP contribution in [0, 0.1) is 12.8 Å². The van der Waals surface area contributed by atoms with Gasteiger partial charge in [0.2, 0.25) is 11.8 Å². The van der Waals surface area contributed by atoms with Gasteiger partial charge in [-0.3, -0.25) is 14.5 Å². The number of aliphatic hydroxyl groups is 1. The summed E-state index contributed by atoms with van der Waals surface area (Å²) in [4.78, 5) is 26.6. The van der Waals surface area contributed by atoms with E-state index in [0.29, 0.717) is 11.3 Å². The van der Waals surface area contributed by atoms with E-state index in [-0.39, 0.29) is 11.8 Å². The molecule has 2 aliphatic rings. The number of ether oxygens (including phenoxy) is 1. The van der Waals surface area contributed by atoms with Gasteiger partial charge >= 0.3 is 0 Å². The number of aryl methyl sites for hydroxylation is 1. The molecule has 7 nitrogen and oxygen atoms in total. The molecule has 1 fully saturated rings. The van der Waals surface area contributed by atoms with Crippen LogP contribution in [0.2, 0.25) is 0 Å². The van der Waals surface area contributed by atoms with Crippen molar-refractivity contribution < 1.29 is 19.4 Å². The first kappa shape index (κ1) is 20.1. The van der Waals surface area contributed by atoms with Gasteiger partial charge in [0.15, 0.2) is 0 Å². The van der Waals surface area contributed by atoms with E-state index in [2.05, 4.69) is 5.43 Å². The number of likely N-dealkylation sites (N-methyl/N-ethyl adjacent to an activating group) is 1. The molecule has 2 N–H and O–H groups in total. The maximum atomic E-state index is 12.9. The number of hydrogen-bond donors (Lipinski definition) is 2. The summed E-state index contributed by atoms with van der Waals surface area (Å²) in [5.74, 6) is -0.586. The van der Waals surface area contributed by atoms with E-state index >= 15 is 0 Å². The van der Waals surface area contributed by atoms with Crippen LogP contribution in [0.1, 0.15) is 17.2 Å². The molecule has 30 heavy (non-hydrogen) atoms. The molecular weight excluding hydrogens is 382 g/mol. The first-order chi connectivity index (χ1) is 14.4. The molecule has 0 aliphatic carbocycles. The number of hydrogen-bond acceptors (Lipinski definition) is 6. The zero-order valence-electron chi connectivity index (χ0n) is 17.1. The van der Waals surface area contributed by atoms with Gasteiger partial charge in [0, 0.05) is 18.3 Å². The van der Waals surface area contributed by atoms with E-state index in [1.807, 2.05) is 43.3 Å². The number of anilines is 1. The number of methoxy groups -OCH3 is 1. The Morgan fingerprint density at radius 1 is 1.03 bits per heavy atom. The second kappa shape index (κ2) is 7.93. The third-order valence-corrected chi connectivity index (χ3v) is 5.77. The number of rotatable bonds is 5. The lowest BCUT2D eigenvalue weighted by molar-refractivity contribution is -0.138. The zero-order chi connectivity index (χ0) is 21.4. The van der Waals surface area contributed by atoms with Gasteiger partial charge in [-0.15, -0.1) is 0 Å². The number of hydrazine groups is 1. The Hall–Kier alpha value is -3.16. The van der Waals surface area contributed by atoms with Crippen LogP contribution in [0.4, 0.5) is 5.69 Å². The summed E-state index contributed by atoms with van der Waals surface area (Å²) in [5, 5.41) is 13.0. The second-order valence-corrected chi connectivity index (χ2v) is 7.65. The maximum Gasteiger partial charge on any atom is 0.249 e. The largest absolute Gasteiger partial charge is 0.496 e. The van der Waals surface area contributed by atoms with Gasteiger partial charge < -0.3 is 15.3 Å². The molecule has 7 heteroatoms. The summed E-state index contributed by atoms with van der Waals surface area (Å²) < 4.78 is 5.41. The fraction of sp³-hybridized carbons (Fsp3) is 0.304. The SMILES string of the molecule is COc1ccccc1[C@@H](O)[C@H]1C=C[C@H]2C(=O)N(C)C(=O)[C@H]2N1Nc1ccc(C)cc1. The molecule has 0 saturated carbocycles. The highest BCUT2D eigenvalue weighted by atomic mass is 16.5. The van der Waals surface area contributed by atoms with Crippen LogP contribution in [0.5, 0.6) is 5.75 Å². The lowest BCUT2D eigenvalue weighted by Crippen LogP contribution is -2.55. The molecule has 4 atom stereocenters. The van der Waals surface area contributed by atoms with E-state index in [1.54, 1.807) is 36.4 Å². The first-order valence-electron chi connectivity index (χ1n) is 9.84. The monoisotopic (exact) mass is 407 g/mol. The zero-order valence-corrected chi connectivity index (χ0v) is 17.1. The summed E-state index contributed by atoms with van der Waals surface area (Å²) in [7, 11) is 3.04. The minimum absolute atomic E-state index is 0.248. The number of carbonyl (C=O) groups is 2. The highest BCUT2D eigenvalue weighted by molar-refractivity contribution is 6.08. The first-order valence-corrected chi connectivity index (χ1v) is 9.84. The van der Waals surface area contributed by atoms with Crippen molar-refractivity contribution in [2.24, 2.45) is 5.92 Å². The van der Waals surface area contributed by atoms with Gasteiger partial charge in [0.1, 0.15) is 17.9 Å². The van der Waals surface area contributed by atoms with Crippen molar-refractivity contribution in [3.63, 3.8) is 0 Å². The van der Waals surface area contributed by atoms with Crippen LogP contribution in [0.25, 0.3) is 0 Å². The van der Waals surface area contributed by atoms with Gasteiger partial charge in [0.25, 0.3) is 0 Å². The Morgan fingerprint density at radius 3 is 2.43 bits per heavy atom. The van der Waals surface area contributed by atoms with Crippen molar-refractivity contribution in [3.8, 4) is 5.75 Å². The van der Waals surface area contributed by atoms with Gasteiger partial charge in [-0.25, -0.2) is 5.01 Å². The predicted octanol–water partition coefficient (Wildman–Crippen LogP) is 2.29. The molecule has 4 rings (SSSR count). The molecule has 156 valence electrons. The van der Waals surface area contributed by atoms with Crippen molar-refractivity contribution in [2.75, 3.05) is 19.6 Å². The number of nitrogens with one attached hydrogen (secondary N) is 1. The Kier molecular flexibility index (Phi) is 5.32. The Morgan fingerprint density at radius 2 is 1.73 bits per heavy atom. The number of likely N-dealkylation sites (tertiary alicyclic amines) is 1. The Balaban J connectivity index is 1.74. The van der Waals surface area contributed by atoms with Crippen molar-refractivity contribution >= 4 is 17.5 Å². The summed E-state index contributed by atoms with van der Waals surface area (Å²) in [6, 6.07) is 13.6. The van der Waals surface area contributed by atoms with Crippen molar-refractivity contribution in [2.45, 2.75) is 25.1 Å². The standard InChI is InChI=1S/C23H25N3O4/c1-14-8-10-15(11-9-14)24-26-18(21(27)16-6-4-5-7-19(16)30-3)13-12-17-20(26)23(29)25(2)22(17)28/h4-13,17-18,20-21,24,27H,1-3H3/t17-,18-,20+,21-/m1/s1. The number of amides is 2. The van der Waals surface area contributed by atoms with Crippen molar-refractivity contribution in [1.29, 1.82) is 0 Å².